The third kappa shape index (κ3) is 3.13. The smallest absolute Gasteiger partial charge is 0.253 e. The Morgan fingerprint density at radius 2 is 2.35 bits per heavy atom. The van der Waals surface area contributed by atoms with Crippen molar-refractivity contribution in [2.45, 2.75) is 13.5 Å². The van der Waals surface area contributed by atoms with Crippen LogP contribution in [0.1, 0.15) is 21.8 Å². The molecule has 0 unspecified atom stereocenters. The van der Waals surface area contributed by atoms with Gasteiger partial charge in [0.25, 0.3) is 5.91 Å². The highest BCUT2D eigenvalue weighted by Crippen LogP contribution is 2.06. The first-order valence-electron chi connectivity index (χ1n) is 4.97. The molecule has 2 aromatic rings. The molecule has 0 aromatic carbocycles. The van der Waals surface area contributed by atoms with E-state index in [-0.39, 0.29) is 5.91 Å². The molecule has 0 saturated carbocycles. The SMILES string of the molecule is Cc1cc(CNC(=O)c2ccc(Br)nc2)no1. The van der Waals surface area contributed by atoms with Crippen molar-refractivity contribution in [1.29, 1.82) is 0 Å². The lowest BCUT2D eigenvalue weighted by Crippen LogP contribution is -2.23. The Kier molecular flexibility index (Phi) is 3.53. The van der Waals surface area contributed by atoms with Crippen molar-refractivity contribution in [3.05, 3.63) is 46.0 Å². The highest BCUT2D eigenvalue weighted by Gasteiger charge is 2.07. The minimum Gasteiger partial charge on any atom is -0.361 e. The topological polar surface area (TPSA) is 68.0 Å². The van der Waals surface area contributed by atoms with Gasteiger partial charge < -0.3 is 9.84 Å². The number of hydrogen-bond donors (Lipinski definition) is 1. The zero-order valence-electron chi connectivity index (χ0n) is 9.11. The lowest BCUT2D eigenvalue weighted by Gasteiger charge is -2.02. The van der Waals surface area contributed by atoms with Crippen LogP contribution in [-0.4, -0.2) is 16.0 Å². The molecule has 0 radical (unpaired) electrons. The average molecular weight is 296 g/mol. The van der Waals surface area contributed by atoms with Crippen molar-refractivity contribution in [1.82, 2.24) is 15.5 Å². The molecule has 2 aromatic heterocycles. The van der Waals surface area contributed by atoms with Crippen molar-refractivity contribution < 1.29 is 9.32 Å². The van der Waals surface area contributed by atoms with E-state index in [4.69, 9.17) is 4.52 Å². The van der Waals surface area contributed by atoms with Crippen molar-refractivity contribution in [2.24, 2.45) is 0 Å². The summed E-state index contributed by atoms with van der Waals surface area (Å²) in [5, 5.41) is 6.51. The molecule has 0 aliphatic rings. The number of carbonyl (C=O) groups excluding carboxylic acids is 1. The number of aryl methyl sites for hydroxylation is 1. The number of carbonyl (C=O) groups is 1. The highest BCUT2D eigenvalue weighted by atomic mass is 79.9. The second kappa shape index (κ2) is 5.09. The van der Waals surface area contributed by atoms with Gasteiger partial charge in [-0.15, -0.1) is 0 Å². The van der Waals surface area contributed by atoms with Gasteiger partial charge in [-0.3, -0.25) is 4.79 Å². The van der Waals surface area contributed by atoms with Gasteiger partial charge in [-0.05, 0) is 35.0 Å². The summed E-state index contributed by atoms with van der Waals surface area (Å²) in [4.78, 5) is 15.7. The molecule has 0 saturated heterocycles. The maximum absolute atomic E-state index is 11.7. The summed E-state index contributed by atoms with van der Waals surface area (Å²) < 4.78 is 5.59. The minimum atomic E-state index is -0.189. The molecule has 0 aliphatic heterocycles. The van der Waals surface area contributed by atoms with E-state index in [1.54, 1.807) is 25.1 Å². The summed E-state index contributed by atoms with van der Waals surface area (Å²) in [6.45, 7) is 2.14. The van der Waals surface area contributed by atoms with Crippen LogP contribution in [-0.2, 0) is 6.54 Å². The summed E-state index contributed by atoms with van der Waals surface area (Å²) in [6.07, 6.45) is 1.51. The van der Waals surface area contributed by atoms with Gasteiger partial charge in [0.1, 0.15) is 16.1 Å². The number of amides is 1. The Morgan fingerprint density at radius 1 is 1.53 bits per heavy atom. The van der Waals surface area contributed by atoms with Crippen molar-refractivity contribution in [3.8, 4) is 0 Å². The Morgan fingerprint density at radius 3 is 2.94 bits per heavy atom. The first-order chi connectivity index (χ1) is 8.15. The van der Waals surface area contributed by atoms with E-state index >= 15 is 0 Å². The maximum Gasteiger partial charge on any atom is 0.253 e. The van der Waals surface area contributed by atoms with E-state index in [1.165, 1.54) is 6.20 Å². The Hall–Kier alpha value is -1.69. The third-order valence-corrected chi connectivity index (χ3v) is 2.57. The number of hydrogen-bond acceptors (Lipinski definition) is 4. The van der Waals surface area contributed by atoms with Gasteiger partial charge in [0.2, 0.25) is 0 Å². The van der Waals surface area contributed by atoms with E-state index in [0.29, 0.717) is 22.4 Å². The van der Waals surface area contributed by atoms with Crippen LogP contribution in [0.2, 0.25) is 0 Å². The minimum absolute atomic E-state index is 0.189. The predicted molar refractivity (Wildman–Crippen MR) is 64.3 cm³/mol. The lowest BCUT2D eigenvalue weighted by atomic mass is 10.2. The Labute approximate surface area is 106 Å². The number of pyridine rings is 1. The summed E-state index contributed by atoms with van der Waals surface area (Å²) >= 11 is 3.21. The van der Waals surface area contributed by atoms with Crippen LogP contribution in [0.4, 0.5) is 0 Å². The van der Waals surface area contributed by atoms with Crippen LogP contribution in [0.25, 0.3) is 0 Å². The third-order valence-electron chi connectivity index (χ3n) is 2.10. The molecule has 2 heterocycles. The Bertz CT molecular complexity index is 522. The molecule has 0 bridgehead atoms. The molecule has 2 rings (SSSR count). The molecule has 88 valence electrons. The van der Waals surface area contributed by atoms with Crippen LogP contribution in [0.15, 0.2) is 33.5 Å². The van der Waals surface area contributed by atoms with E-state index in [2.05, 4.69) is 31.4 Å². The number of nitrogens with one attached hydrogen (secondary N) is 1. The van der Waals surface area contributed by atoms with Crippen molar-refractivity contribution >= 4 is 21.8 Å². The van der Waals surface area contributed by atoms with Crippen molar-refractivity contribution in [3.63, 3.8) is 0 Å². The molecule has 0 atom stereocenters. The highest BCUT2D eigenvalue weighted by molar-refractivity contribution is 9.10. The zero-order chi connectivity index (χ0) is 12.3. The first kappa shape index (κ1) is 11.8. The molecule has 1 N–H and O–H groups in total. The van der Waals surface area contributed by atoms with Crippen LogP contribution < -0.4 is 5.32 Å². The molecule has 0 spiro atoms. The van der Waals surface area contributed by atoms with Gasteiger partial charge in [0, 0.05) is 12.3 Å². The molecule has 0 fully saturated rings. The summed E-state index contributed by atoms with van der Waals surface area (Å²) in [5.74, 6) is 0.533. The zero-order valence-corrected chi connectivity index (χ0v) is 10.7. The molecule has 6 heteroatoms. The van der Waals surface area contributed by atoms with Gasteiger partial charge in [-0.1, -0.05) is 5.16 Å². The molecule has 5 nitrogen and oxygen atoms in total. The summed E-state index contributed by atoms with van der Waals surface area (Å²) in [5.41, 5.74) is 1.20. The van der Waals surface area contributed by atoms with Crippen LogP contribution >= 0.6 is 15.9 Å². The van der Waals surface area contributed by atoms with Crippen LogP contribution in [0.3, 0.4) is 0 Å². The fourth-order valence-corrected chi connectivity index (χ4v) is 1.52. The molecule has 1 amide bonds. The molecular weight excluding hydrogens is 286 g/mol. The molecule has 17 heavy (non-hydrogen) atoms. The standard InChI is InChI=1S/C11H10BrN3O2/c1-7-4-9(15-17-7)6-14-11(16)8-2-3-10(12)13-5-8/h2-5H,6H2,1H3,(H,14,16). The number of halogens is 1. The lowest BCUT2D eigenvalue weighted by molar-refractivity contribution is 0.0949. The quantitative estimate of drug-likeness (QED) is 0.880. The fraction of sp³-hybridized carbons (Fsp3) is 0.182. The predicted octanol–water partition coefficient (Wildman–Crippen LogP) is 2.07. The fourth-order valence-electron chi connectivity index (χ4n) is 1.28. The van der Waals surface area contributed by atoms with E-state index in [1.807, 2.05) is 0 Å². The first-order valence-corrected chi connectivity index (χ1v) is 5.76. The normalized spacial score (nSPS) is 10.2. The van der Waals surface area contributed by atoms with E-state index in [0.717, 1.165) is 5.76 Å². The van der Waals surface area contributed by atoms with Gasteiger partial charge in [0.15, 0.2) is 0 Å². The second-order valence-electron chi connectivity index (χ2n) is 3.48. The van der Waals surface area contributed by atoms with Gasteiger partial charge >= 0.3 is 0 Å². The van der Waals surface area contributed by atoms with Crippen LogP contribution in [0, 0.1) is 6.92 Å². The number of rotatable bonds is 3. The van der Waals surface area contributed by atoms with E-state index in [9.17, 15) is 4.79 Å². The molecule has 0 aliphatic carbocycles. The van der Waals surface area contributed by atoms with Gasteiger partial charge in [0.05, 0.1) is 12.1 Å². The summed E-state index contributed by atoms with van der Waals surface area (Å²) in [7, 11) is 0. The largest absolute Gasteiger partial charge is 0.361 e. The monoisotopic (exact) mass is 295 g/mol. The molecular formula is C11H10BrN3O2. The number of aromatic nitrogens is 2. The van der Waals surface area contributed by atoms with Gasteiger partial charge in [-0.25, -0.2) is 4.98 Å². The second-order valence-corrected chi connectivity index (χ2v) is 4.29. The summed E-state index contributed by atoms with van der Waals surface area (Å²) in [6, 6.07) is 5.19. The Balaban J connectivity index is 1.95. The average Bonchev–Trinajstić information content (AvgIpc) is 2.73. The van der Waals surface area contributed by atoms with Gasteiger partial charge in [-0.2, -0.15) is 0 Å². The van der Waals surface area contributed by atoms with Crippen molar-refractivity contribution in [2.75, 3.05) is 0 Å². The number of nitrogens with zero attached hydrogens (tertiary/aromatic N) is 2. The van der Waals surface area contributed by atoms with Crippen LogP contribution in [0.5, 0.6) is 0 Å². The van der Waals surface area contributed by atoms with E-state index < -0.39 is 0 Å². The maximum atomic E-state index is 11.7.